The van der Waals surface area contributed by atoms with E-state index < -0.39 is 15.9 Å². The lowest BCUT2D eigenvalue weighted by Crippen LogP contribution is -2.32. The van der Waals surface area contributed by atoms with Crippen LogP contribution in [0, 0.1) is 0 Å². The first-order valence-electron chi connectivity index (χ1n) is 14.0. The SMILES string of the molecule is CCCCCCCCCCCCCCCCCC(=O)NS(=O)(=O)CCCCCC(=O)NCCON. The molecule has 0 aliphatic heterocycles. The molecule has 4 N–H and O–H groups in total. The number of carbonyl (C=O) groups is 2. The van der Waals surface area contributed by atoms with Gasteiger partial charge in [0.1, 0.15) is 0 Å². The number of amides is 2. The van der Waals surface area contributed by atoms with Crippen LogP contribution >= 0.6 is 0 Å². The molecule has 0 aromatic heterocycles. The molecule has 8 nitrogen and oxygen atoms in total. The Bertz CT molecular complexity index is 614. The molecule has 0 spiro atoms. The molecule has 0 saturated heterocycles. The first kappa shape index (κ1) is 33.8. The number of hydrogen-bond donors (Lipinski definition) is 3. The van der Waals surface area contributed by atoms with E-state index in [2.05, 4.69) is 21.8 Å². The number of sulfonamides is 1. The molecule has 9 heteroatoms. The summed E-state index contributed by atoms with van der Waals surface area (Å²) in [5.41, 5.74) is 0. The van der Waals surface area contributed by atoms with E-state index in [0.717, 1.165) is 19.3 Å². The largest absolute Gasteiger partial charge is 0.354 e. The van der Waals surface area contributed by atoms with Gasteiger partial charge in [-0.15, -0.1) is 0 Å². The molecule has 0 fully saturated rings. The third-order valence-corrected chi connectivity index (χ3v) is 7.50. The molecule has 0 aromatic carbocycles. The quantitative estimate of drug-likeness (QED) is 0.106. The Labute approximate surface area is 214 Å². The van der Waals surface area contributed by atoms with Crippen LogP contribution in [-0.2, 0) is 24.4 Å². The summed E-state index contributed by atoms with van der Waals surface area (Å²) in [6.07, 6.45) is 21.0. The van der Waals surface area contributed by atoms with Gasteiger partial charge in [-0.1, -0.05) is 103 Å². The Morgan fingerprint density at radius 2 is 1.09 bits per heavy atom. The number of unbranched alkanes of at least 4 members (excludes halogenated alkanes) is 16. The summed E-state index contributed by atoms with van der Waals surface area (Å²) in [6.45, 7) is 2.86. The fraction of sp³-hybridized carbons (Fsp3) is 0.923. The molecule has 0 unspecified atom stereocenters. The molecule has 0 heterocycles. The Morgan fingerprint density at radius 1 is 0.657 bits per heavy atom. The van der Waals surface area contributed by atoms with E-state index in [1.54, 1.807) is 0 Å². The van der Waals surface area contributed by atoms with Crippen molar-refractivity contribution in [3.05, 3.63) is 0 Å². The van der Waals surface area contributed by atoms with Gasteiger partial charge in [0, 0.05) is 19.4 Å². The predicted molar refractivity (Wildman–Crippen MR) is 143 cm³/mol. The Kier molecular flexibility index (Phi) is 23.7. The number of nitrogens with two attached hydrogens (primary N) is 1. The minimum Gasteiger partial charge on any atom is -0.354 e. The van der Waals surface area contributed by atoms with Crippen LogP contribution in [0.25, 0.3) is 0 Å². The molecule has 0 saturated carbocycles. The van der Waals surface area contributed by atoms with Gasteiger partial charge >= 0.3 is 0 Å². The van der Waals surface area contributed by atoms with E-state index >= 15 is 0 Å². The predicted octanol–water partition coefficient (Wildman–Crippen LogP) is 5.26. The molecule has 0 radical (unpaired) electrons. The van der Waals surface area contributed by atoms with Gasteiger partial charge in [-0.2, -0.15) is 0 Å². The molecule has 208 valence electrons. The third-order valence-electron chi connectivity index (χ3n) is 6.14. The first-order valence-corrected chi connectivity index (χ1v) is 15.7. The Hall–Kier alpha value is -1.19. The summed E-state index contributed by atoms with van der Waals surface area (Å²) in [6, 6.07) is 0. The lowest BCUT2D eigenvalue weighted by Gasteiger charge is -2.07. The second-order valence-electron chi connectivity index (χ2n) is 9.58. The van der Waals surface area contributed by atoms with Gasteiger partial charge in [-0.3, -0.25) is 14.3 Å². The van der Waals surface area contributed by atoms with Crippen LogP contribution in [0.4, 0.5) is 0 Å². The first-order chi connectivity index (χ1) is 16.9. The van der Waals surface area contributed by atoms with Gasteiger partial charge in [0.15, 0.2) is 0 Å². The fourth-order valence-electron chi connectivity index (χ4n) is 4.02. The number of rotatable bonds is 26. The number of nitrogens with one attached hydrogen (secondary N) is 2. The van der Waals surface area contributed by atoms with Crippen LogP contribution in [0.3, 0.4) is 0 Å². The zero-order valence-electron chi connectivity index (χ0n) is 22.3. The molecule has 35 heavy (non-hydrogen) atoms. The molecule has 0 aromatic rings. The zero-order valence-corrected chi connectivity index (χ0v) is 23.1. The van der Waals surface area contributed by atoms with Crippen molar-refractivity contribution in [2.75, 3.05) is 18.9 Å². The molecule has 0 rings (SSSR count). The van der Waals surface area contributed by atoms with Crippen LogP contribution in [-0.4, -0.2) is 39.1 Å². The summed E-state index contributed by atoms with van der Waals surface area (Å²) in [4.78, 5) is 27.8. The van der Waals surface area contributed by atoms with Crippen molar-refractivity contribution in [3.63, 3.8) is 0 Å². The Balaban J connectivity index is 3.52. The normalized spacial score (nSPS) is 11.5. The lowest BCUT2D eigenvalue weighted by molar-refractivity contribution is -0.121. The third kappa shape index (κ3) is 25.7. The summed E-state index contributed by atoms with van der Waals surface area (Å²) in [5, 5.41) is 2.65. The van der Waals surface area contributed by atoms with Crippen molar-refractivity contribution in [1.29, 1.82) is 0 Å². The second kappa shape index (κ2) is 24.5. The summed E-state index contributed by atoms with van der Waals surface area (Å²) in [5.74, 6) is 4.25. The molecule has 0 aliphatic carbocycles. The van der Waals surface area contributed by atoms with Crippen LogP contribution in [0.5, 0.6) is 0 Å². The lowest BCUT2D eigenvalue weighted by atomic mass is 10.0. The van der Waals surface area contributed by atoms with Gasteiger partial charge in [0.25, 0.3) is 0 Å². The molecular formula is C26H53N3O5S. The van der Waals surface area contributed by atoms with Gasteiger partial charge < -0.3 is 10.2 Å². The molecular weight excluding hydrogens is 466 g/mol. The smallest absolute Gasteiger partial charge is 0.234 e. The maximum Gasteiger partial charge on any atom is 0.234 e. The van der Waals surface area contributed by atoms with Crippen molar-refractivity contribution < 1.29 is 22.8 Å². The monoisotopic (exact) mass is 519 g/mol. The van der Waals surface area contributed by atoms with Crippen LogP contribution in [0.1, 0.15) is 135 Å². The summed E-state index contributed by atoms with van der Waals surface area (Å²) < 4.78 is 26.2. The van der Waals surface area contributed by atoms with Gasteiger partial charge in [-0.05, 0) is 19.3 Å². The second-order valence-corrected chi connectivity index (χ2v) is 11.4. The molecule has 0 atom stereocenters. The van der Waals surface area contributed by atoms with E-state index in [4.69, 9.17) is 5.90 Å². The van der Waals surface area contributed by atoms with E-state index in [0.29, 0.717) is 32.2 Å². The minimum atomic E-state index is -3.60. The van der Waals surface area contributed by atoms with Crippen LogP contribution < -0.4 is 15.9 Å². The zero-order chi connectivity index (χ0) is 26.0. The minimum absolute atomic E-state index is 0.0970. The van der Waals surface area contributed by atoms with Crippen molar-refractivity contribution in [3.8, 4) is 0 Å². The maximum atomic E-state index is 12.0. The summed E-state index contributed by atoms with van der Waals surface area (Å²) >= 11 is 0. The van der Waals surface area contributed by atoms with Crippen molar-refractivity contribution in [2.24, 2.45) is 5.90 Å². The topological polar surface area (TPSA) is 128 Å². The molecule has 2 amide bonds. The highest BCUT2D eigenvalue weighted by molar-refractivity contribution is 7.90. The van der Waals surface area contributed by atoms with E-state index in [-0.39, 0.29) is 24.7 Å². The van der Waals surface area contributed by atoms with Crippen molar-refractivity contribution in [1.82, 2.24) is 10.0 Å². The van der Waals surface area contributed by atoms with Gasteiger partial charge in [0.05, 0.1) is 12.4 Å². The highest BCUT2D eigenvalue weighted by Gasteiger charge is 2.14. The highest BCUT2D eigenvalue weighted by Crippen LogP contribution is 2.13. The van der Waals surface area contributed by atoms with Crippen LogP contribution in [0.15, 0.2) is 0 Å². The highest BCUT2D eigenvalue weighted by atomic mass is 32.2. The molecule has 0 aliphatic rings. The summed E-state index contributed by atoms with van der Waals surface area (Å²) in [7, 11) is -3.60. The van der Waals surface area contributed by atoms with Gasteiger partial charge in [0.2, 0.25) is 21.8 Å². The maximum absolute atomic E-state index is 12.0. The van der Waals surface area contributed by atoms with Crippen LogP contribution in [0.2, 0.25) is 0 Å². The fourth-order valence-corrected chi connectivity index (χ4v) is 5.16. The number of carbonyl (C=O) groups excluding carboxylic acids is 2. The van der Waals surface area contributed by atoms with E-state index in [1.807, 2.05) is 0 Å². The van der Waals surface area contributed by atoms with E-state index in [1.165, 1.54) is 77.0 Å². The van der Waals surface area contributed by atoms with Crippen molar-refractivity contribution >= 4 is 21.8 Å². The average molecular weight is 520 g/mol. The van der Waals surface area contributed by atoms with E-state index in [9.17, 15) is 18.0 Å². The number of hydrogen-bond acceptors (Lipinski definition) is 6. The molecule has 0 bridgehead atoms. The van der Waals surface area contributed by atoms with Gasteiger partial charge in [-0.25, -0.2) is 14.3 Å². The van der Waals surface area contributed by atoms with Crippen molar-refractivity contribution in [2.45, 2.75) is 135 Å². The Morgan fingerprint density at radius 3 is 1.57 bits per heavy atom. The standard InChI is InChI=1S/C26H53N3O5S/c1-2-3-4-5-6-7-8-9-10-11-12-13-14-15-17-21-26(31)29-35(32,33)24-19-16-18-20-25(30)28-22-23-34-27/h2-24,27H2,1H3,(H,28,30)(H,29,31). The average Bonchev–Trinajstić information content (AvgIpc) is 2.81.